The van der Waals surface area contributed by atoms with Crippen LogP contribution in [-0.2, 0) is 6.42 Å². The van der Waals surface area contributed by atoms with Gasteiger partial charge in [0.15, 0.2) is 0 Å². The number of anilines is 1. The van der Waals surface area contributed by atoms with E-state index in [-0.39, 0.29) is 5.82 Å². The van der Waals surface area contributed by atoms with Gasteiger partial charge in [0.25, 0.3) is 0 Å². The van der Waals surface area contributed by atoms with E-state index in [9.17, 15) is 4.39 Å². The Bertz CT molecular complexity index is 496. The molecule has 0 saturated carbocycles. The van der Waals surface area contributed by atoms with Gasteiger partial charge < -0.3 is 5.43 Å². The molecule has 0 spiro atoms. The molecule has 1 aromatic carbocycles. The SMILES string of the molecule is CCc1cc2ccc(F)cc2nc1NN. The molecule has 2 rings (SSSR count). The van der Waals surface area contributed by atoms with Gasteiger partial charge in [0.05, 0.1) is 5.52 Å². The van der Waals surface area contributed by atoms with Crippen LogP contribution in [0.15, 0.2) is 24.3 Å². The summed E-state index contributed by atoms with van der Waals surface area (Å²) in [6, 6.07) is 6.52. The minimum absolute atomic E-state index is 0.290. The summed E-state index contributed by atoms with van der Waals surface area (Å²) in [5, 5.41) is 0.923. The summed E-state index contributed by atoms with van der Waals surface area (Å²) < 4.78 is 13.0. The van der Waals surface area contributed by atoms with Crippen LogP contribution in [0.5, 0.6) is 0 Å². The summed E-state index contributed by atoms with van der Waals surface area (Å²) in [5.41, 5.74) is 4.16. The number of hydrogen-bond acceptors (Lipinski definition) is 3. The third-order valence-corrected chi connectivity index (χ3v) is 2.38. The molecule has 0 saturated heterocycles. The fraction of sp³-hybridized carbons (Fsp3) is 0.182. The molecule has 1 aromatic heterocycles. The molecule has 0 aliphatic carbocycles. The molecule has 3 nitrogen and oxygen atoms in total. The van der Waals surface area contributed by atoms with Crippen molar-refractivity contribution >= 4 is 16.7 Å². The second-order valence-electron chi connectivity index (χ2n) is 3.33. The molecule has 0 atom stereocenters. The highest BCUT2D eigenvalue weighted by molar-refractivity contribution is 5.81. The van der Waals surface area contributed by atoms with Gasteiger partial charge in [0, 0.05) is 11.5 Å². The van der Waals surface area contributed by atoms with Crippen molar-refractivity contribution in [1.29, 1.82) is 0 Å². The van der Waals surface area contributed by atoms with Crippen LogP contribution in [0.25, 0.3) is 10.9 Å². The van der Waals surface area contributed by atoms with E-state index < -0.39 is 0 Å². The van der Waals surface area contributed by atoms with E-state index in [2.05, 4.69) is 10.4 Å². The Labute approximate surface area is 87.1 Å². The molecule has 4 heteroatoms. The summed E-state index contributed by atoms with van der Waals surface area (Å²) >= 11 is 0. The summed E-state index contributed by atoms with van der Waals surface area (Å²) in [4.78, 5) is 4.25. The first-order valence-electron chi connectivity index (χ1n) is 4.80. The maximum absolute atomic E-state index is 13.0. The van der Waals surface area contributed by atoms with Gasteiger partial charge in [-0.2, -0.15) is 0 Å². The first kappa shape index (κ1) is 9.86. The van der Waals surface area contributed by atoms with Gasteiger partial charge in [-0.25, -0.2) is 15.2 Å². The Morgan fingerprint density at radius 1 is 1.40 bits per heavy atom. The van der Waals surface area contributed by atoms with Crippen molar-refractivity contribution in [3.63, 3.8) is 0 Å². The molecule has 15 heavy (non-hydrogen) atoms. The summed E-state index contributed by atoms with van der Waals surface area (Å²) in [6.07, 6.45) is 0.833. The van der Waals surface area contributed by atoms with Crippen LogP contribution in [0, 0.1) is 5.82 Å². The number of rotatable bonds is 2. The zero-order valence-electron chi connectivity index (χ0n) is 8.42. The molecule has 0 radical (unpaired) electrons. The number of nitrogens with two attached hydrogens (primary N) is 1. The average Bonchev–Trinajstić information content (AvgIpc) is 2.27. The highest BCUT2D eigenvalue weighted by Crippen LogP contribution is 2.20. The van der Waals surface area contributed by atoms with Gasteiger partial charge in [0.2, 0.25) is 0 Å². The molecule has 3 N–H and O–H groups in total. The molecule has 0 aliphatic rings. The minimum atomic E-state index is -0.290. The van der Waals surface area contributed by atoms with E-state index in [0.29, 0.717) is 11.3 Å². The van der Waals surface area contributed by atoms with Crippen LogP contribution in [0.3, 0.4) is 0 Å². The minimum Gasteiger partial charge on any atom is -0.308 e. The van der Waals surface area contributed by atoms with Crippen LogP contribution in [0.1, 0.15) is 12.5 Å². The fourth-order valence-electron chi connectivity index (χ4n) is 1.58. The molecule has 0 fully saturated rings. The second kappa shape index (κ2) is 3.82. The number of nitrogens with zero attached hydrogens (tertiary/aromatic N) is 1. The molecule has 78 valence electrons. The largest absolute Gasteiger partial charge is 0.308 e. The molecule has 1 heterocycles. The first-order chi connectivity index (χ1) is 7.24. The van der Waals surface area contributed by atoms with Crippen molar-refractivity contribution < 1.29 is 4.39 Å². The van der Waals surface area contributed by atoms with Gasteiger partial charge in [-0.3, -0.25) is 0 Å². The molecule has 0 unspecified atom stereocenters. The Morgan fingerprint density at radius 3 is 2.87 bits per heavy atom. The summed E-state index contributed by atoms with van der Waals surface area (Å²) in [6.45, 7) is 2.02. The number of hydrogen-bond donors (Lipinski definition) is 2. The third-order valence-electron chi connectivity index (χ3n) is 2.38. The zero-order valence-corrected chi connectivity index (χ0v) is 8.42. The lowest BCUT2D eigenvalue weighted by Gasteiger charge is -2.07. The topological polar surface area (TPSA) is 50.9 Å². The van der Waals surface area contributed by atoms with Crippen molar-refractivity contribution in [2.75, 3.05) is 5.43 Å². The standard InChI is InChI=1S/C11H12FN3/c1-2-7-5-8-3-4-9(12)6-10(8)14-11(7)15-13/h3-6H,2,13H2,1H3,(H,14,15). The Kier molecular flexibility index (Phi) is 2.51. The maximum Gasteiger partial charge on any atom is 0.143 e. The van der Waals surface area contributed by atoms with Crippen molar-refractivity contribution in [1.82, 2.24) is 4.98 Å². The monoisotopic (exact) mass is 205 g/mol. The number of pyridine rings is 1. The lowest BCUT2D eigenvalue weighted by atomic mass is 10.1. The van der Waals surface area contributed by atoms with Gasteiger partial charge in [0.1, 0.15) is 11.6 Å². The number of halogens is 1. The van der Waals surface area contributed by atoms with Crippen LogP contribution in [0.2, 0.25) is 0 Å². The number of benzene rings is 1. The van der Waals surface area contributed by atoms with Crippen LogP contribution < -0.4 is 11.3 Å². The van der Waals surface area contributed by atoms with E-state index in [0.717, 1.165) is 17.4 Å². The lowest BCUT2D eigenvalue weighted by Crippen LogP contribution is -2.11. The summed E-state index contributed by atoms with van der Waals surface area (Å²) in [7, 11) is 0. The molecule has 0 amide bonds. The number of nitrogens with one attached hydrogen (secondary N) is 1. The number of aryl methyl sites for hydroxylation is 1. The number of aromatic nitrogens is 1. The molecule has 0 aliphatic heterocycles. The van der Waals surface area contributed by atoms with Crippen LogP contribution >= 0.6 is 0 Å². The number of hydrazine groups is 1. The lowest BCUT2D eigenvalue weighted by molar-refractivity contribution is 0.629. The third kappa shape index (κ3) is 1.76. The highest BCUT2D eigenvalue weighted by Gasteiger charge is 2.04. The second-order valence-corrected chi connectivity index (χ2v) is 3.33. The number of fused-ring (bicyclic) bond motifs is 1. The average molecular weight is 205 g/mol. The van der Waals surface area contributed by atoms with E-state index >= 15 is 0 Å². The highest BCUT2D eigenvalue weighted by atomic mass is 19.1. The van der Waals surface area contributed by atoms with Gasteiger partial charge in [-0.15, -0.1) is 0 Å². The van der Waals surface area contributed by atoms with Crippen molar-refractivity contribution in [2.24, 2.45) is 5.84 Å². The Morgan fingerprint density at radius 2 is 2.20 bits per heavy atom. The maximum atomic E-state index is 13.0. The molecule has 2 aromatic rings. The van der Waals surface area contributed by atoms with E-state index in [1.54, 1.807) is 6.07 Å². The van der Waals surface area contributed by atoms with Crippen molar-refractivity contribution in [3.05, 3.63) is 35.6 Å². The Balaban J connectivity index is 2.69. The van der Waals surface area contributed by atoms with Crippen LogP contribution in [-0.4, -0.2) is 4.98 Å². The van der Waals surface area contributed by atoms with Crippen molar-refractivity contribution in [3.8, 4) is 0 Å². The van der Waals surface area contributed by atoms with E-state index in [4.69, 9.17) is 5.84 Å². The van der Waals surface area contributed by atoms with Crippen molar-refractivity contribution in [2.45, 2.75) is 13.3 Å². The normalized spacial score (nSPS) is 10.6. The molecular weight excluding hydrogens is 193 g/mol. The predicted octanol–water partition coefficient (Wildman–Crippen LogP) is 2.22. The summed E-state index contributed by atoms with van der Waals surface area (Å²) in [5.74, 6) is 5.67. The van der Waals surface area contributed by atoms with Gasteiger partial charge in [-0.1, -0.05) is 6.92 Å². The smallest absolute Gasteiger partial charge is 0.143 e. The van der Waals surface area contributed by atoms with Gasteiger partial charge >= 0.3 is 0 Å². The molecular formula is C11H12FN3. The van der Waals surface area contributed by atoms with E-state index in [1.807, 2.05) is 13.0 Å². The quantitative estimate of drug-likeness (QED) is 0.584. The van der Waals surface area contributed by atoms with Gasteiger partial charge in [-0.05, 0) is 30.2 Å². The number of nitrogen functional groups attached to an aromatic ring is 1. The fourth-order valence-corrected chi connectivity index (χ4v) is 1.58. The first-order valence-corrected chi connectivity index (χ1v) is 4.80. The Hall–Kier alpha value is -1.68. The predicted molar refractivity (Wildman–Crippen MR) is 58.9 cm³/mol. The van der Waals surface area contributed by atoms with Crippen LogP contribution in [0.4, 0.5) is 10.2 Å². The molecule has 0 bridgehead atoms. The zero-order chi connectivity index (χ0) is 10.8. The van der Waals surface area contributed by atoms with E-state index in [1.165, 1.54) is 12.1 Å².